The lowest BCUT2D eigenvalue weighted by molar-refractivity contribution is -0.141. The van der Waals surface area contributed by atoms with Gasteiger partial charge in [0.25, 0.3) is 0 Å². The molecular formula is C11H18N4O3. The molecule has 0 saturated carbocycles. The van der Waals surface area contributed by atoms with Gasteiger partial charge in [0.15, 0.2) is 0 Å². The van der Waals surface area contributed by atoms with Crippen molar-refractivity contribution in [1.29, 1.82) is 0 Å². The molecule has 1 aromatic heterocycles. The van der Waals surface area contributed by atoms with Gasteiger partial charge in [-0.15, -0.1) is 0 Å². The van der Waals surface area contributed by atoms with Gasteiger partial charge in [-0.25, -0.2) is 9.59 Å². The maximum absolute atomic E-state index is 11.8. The number of amides is 2. The first-order valence-corrected chi connectivity index (χ1v) is 5.63. The van der Waals surface area contributed by atoms with E-state index in [0.29, 0.717) is 5.69 Å². The van der Waals surface area contributed by atoms with E-state index in [2.05, 4.69) is 10.4 Å². The molecule has 0 aromatic carbocycles. The third-order valence-corrected chi connectivity index (χ3v) is 2.64. The van der Waals surface area contributed by atoms with Gasteiger partial charge in [0.2, 0.25) is 0 Å². The Morgan fingerprint density at radius 2 is 2.06 bits per heavy atom. The van der Waals surface area contributed by atoms with Gasteiger partial charge in [-0.1, -0.05) is 0 Å². The molecule has 2 N–H and O–H groups in total. The molecule has 1 heterocycles. The number of aromatic nitrogens is 2. The number of urea groups is 1. The Hall–Kier alpha value is -2.05. The molecule has 1 unspecified atom stereocenters. The van der Waals surface area contributed by atoms with Crippen LogP contribution in [-0.2, 0) is 4.79 Å². The largest absolute Gasteiger partial charge is 0.480 e. The van der Waals surface area contributed by atoms with Crippen LogP contribution in [0.25, 0.3) is 0 Å². The second-order valence-corrected chi connectivity index (χ2v) is 4.36. The van der Waals surface area contributed by atoms with Gasteiger partial charge >= 0.3 is 12.0 Å². The Bertz CT molecular complexity index is 441. The van der Waals surface area contributed by atoms with Crippen LogP contribution >= 0.6 is 0 Å². The Kier molecular flexibility index (Phi) is 4.30. The van der Waals surface area contributed by atoms with E-state index in [1.54, 1.807) is 10.9 Å². The first-order chi connectivity index (χ1) is 8.32. The summed E-state index contributed by atoms with van der Waals surface area (Å²) in [5.41, 5.74) is 0.540. The minimum atomic E-state index is -1.05. The zero-order valence-corrected chi connectivity index (χ0v) is 10.9. The van der Waals surface area contributed by atoms with E-state index in [-0.39, 0.29) is 6.04 Å². The van der Waals surface area contributed by atoms with Gasteiger partial charge in [0.05, 0.1) is 11.9 Å². The lowest BCUT2D eigenvalue weighted by atomic mass is 10.3. The summed E-state index contributed by atoms with van der Waals surface area (Å²) in [6, 6.07) is -1.16. The predicted molar refractivity (Wildman–Crippen MR) is 66.5 cm³/mol. The summed E-state index contributed by atoms with van der Waals surface area (Å²) in [7, 11) is 1.43. The predicted octanol–water partition coefficient (Wildman–Crippen LogP) is 1.40. The fourth-order valence-corrected chi connectivity index (χ4v) is 1.24. The fraction of sp³-hybridized carbons (Fsp3) is 0.545. The summed E-state index contributed by atoms with van der Waals surface area (Å²) < 4.78 is 1.70. The fourth-order valence-electron chi connectivity index (χ4n) is 1.24. The maximum atomic E-state index is 11.8. The molecule has 1 atom stereocenters. The van der Waals surface area contributed by atoms with Crippen molar-refractivity contribution in [3.05, 3.63) is 12.4 Å². The monoisotopic (exact) mass is 254 g/mol. The van der Waals surface area contributed by atoms with Crippen molar-refractivity contribution >= 4 is 17.7 Å². The number of hydrogen-bond donors (Lipinski definition) is 2. The second-order valence-electron chi connectivity index (χ2n) is 4.36. The van der Waals surface area contributed by atoms with Crippen LogP contribution in [0.3, 0.4) is 0 Å². The van der Waals surface area contributed by atoms with Crippen molar-refractivity contribution in [2.45, 2.75) is 32.9 Å². The van der Waals surface area contributed by atoms with Crippen molar-refractivity contribution in [1.82, 2.24) is 14.7 Å². The highest BCUT2D eigenvalue weighted by atomic mass is 16.4. The summed E-state index contributed by atoms with van der Waals surface area (Å²) >= 11 is 0. The maximum Gasteiger partial charge on any atom is 0.326 e. The van der Waals surface area contributed by atoms with Crippen LogP contribution in [0.15, 0.2) is 12.4 Å². The van der Waals surface area contributed by atoms with Crippen LogP contribution in [0, 0.1) is 0 Å². The van der Waals surface area contributed by atoms with E-state index in [9.17, 15) is 9.59 Å². The van der Waals surface area contributed by atoms with Gasteiger partial charge in [0.1, 0.15) is 6.04 Å². The molecule has 0 aliphatic carbocycles. The van der Waals surface area contributed by atoms with E-state index < -0.39 is 18.0 Å². The minimum absolute atomic E-state index is 0.200. The highest BCUT2D eigenvalue weighted by Gasteiger charge is 2.21. The van der Waals surface area contributed by atoms with Crippen LogP contribution in [0.4, 0.5) is 10.5 Å². The molecule has 0 radical (unpaired) electrons. The Morgan fingerprint density at radius 1 is 1.44 bits per heavy atom. The highest BCUT2D eigenvalue weighted by molar-refractivity contribution is 5.91. The summed E-state index contributed by atoms with van der Waals surface area (Å²) in [5, 5.41) is 15.5. The molecule has 1 rings (SSSR count). The highest BCUT2D eigenvalue weighted by Crippen LogP contribution is 2.11. The van der Waals surface area contributed by atoms with E-state index in [4.69, 9.17) is 5.11 Å². The van der Waals surface area contributed by atoms with Crippen LogP contribution in [0.5, 0.6) is 0 Å². The van der Waals surface area contributed by atoms with Crippen LogP contribution < -0.4 is 5.32 Å². The third-order valence-electron chi connectivity index (χ3n) is 2.64. The Morgan fingerprint density at radius 3 is 2.50 bits per heavy atom. The van der Waals surface area contributed by atoms with E-state index in [0.717, 1.165) is 4.90 Å². The molecule has 0 saturated heterocycles. The molecule has 100 valence electrons. The number of nitrogens with zero attached hydrogens (tertiary/aromatic N) is 3. The quantitative estimate of drug-likeness (QED) is 0.850. The standard InChI is InChI=1S/C11H18N4O3/c1-7(2)15-6-9(5-12-15)13-11(18)14(4)8(3)10(16)17/h5-8H,1-4H3,(H,13,18)(H,16,17). The SMILES string of the molecule is CC(C(=O)O)N(C)C(=O)Nc1cnn(C(C)C)c1. The van der Waals surface area contributed by atoms with E-state index >= 15 is 0 Å². The number of likely N-dealkylation sites (N-methyl/N-ethyl adjacent to an activating group) is 1. The van der Waals surface area contributed by atoms with Crippen molar-refractivity contribution in [3.63, 3.8) is 0 Å². The molecule has 2 amide bonds. The van der Waals surface area contributed by atoms with E-state index in [1.165, 1.54) is 20.2 Å². The number of aliphatic carboxylic acids is 1. The van der Waals surface area contributed by atoms with Gasteiger partial charge in [-0.3, -0.25) is 4.68 Å². The summed E-state index contributed by atoms with van der Waals surface area (Å²) in [6.07, 6.45) is 3.22. The number of rotatable bonds is 4. The second kappa shape index (κ2) is 5.52. The average Bonchev–Trinajstić information content (AvgIpc) is 2.75. The molecule has 1 aromatic rings. The van der Waals surface area contributed by atoms with Gasteiger partial charge < -0.3 is 15.3 Å². The van der Waals surface area contributed by atoms with Crippen LogP contribution in [0.2, 0.25) is 0 Å². The first kappa shape index (κ1) is 14.0. The molecule has 7 nitrogen and oxygen atoms in total. The number of anilines is 1. The van der Waals surface area contributed by atoms with Gasteiger partial charge in [-0.05, 0) is 20.8 Å². The lowest BCUT2D eigenvalue weighted by Crippen LogP contribution is -2.42. The Balaban J connectivity index is 2.66. The van der Waals surface area contributed by atoms with Crippen molar-refractivity contribution < 1.29 is 14.7 Å². The molecule has 18 heavy (non-hydrogen) atoms. The normalized spacial score (nSPS) is 12.3. The lowest BCUT2D eigenvalue weighted by Gasteiger charge is -2.21. The number of nitrogens with one attached hydrogen (secondary N) is 1. The first-order valence-electron chi connectivity index (χ1n) is 5.63. The molecule has 0 spiro atoms. The average molecular weight is 254 g/mol. The number of carbonyl (C=O) groups is 2. The summed E-state index contributed by atoms with van der Waals surface area (Å²) in [4.78, 5) is 23.6. The molecule has 7 heteroatoms. The molecule has 0 fully saturated rings. The van der Waals surface area contributed by atoms with E-state index in [1.807, 2.05) is 13.8 Å². The topological polar surface area (TPSA) is 87.5 Å². The number of carbonyl (C=O) groups excluding carboxylic acids is 1. The summed E-state index contributed by atoms with van der Waals surface area (Å²) in [6.45, 7) is 5.38. The number of hydrogen-bond acceptors (Lipinski definition) is 3. The van der Waals surface area contributed by atoms with Crippen molar-refractivity contribution in [2.75, 3.05) is 12.4 Å². The Labute approximate surface area is 105 Å². The number of carboxylic acids is 1. The van der Waals surface area contributed by atoms with Gasteiger partial charge in [-0.2, -0.15) is 5.10 Å². The number of carboxylic acid groups (broad SMARTS) is 1. The van der Waals surface area contributed by atoms with Crippen molar-refractivity contribution in [3.8, 4) is 0 Å². The minimum Gasteiger partial charge on any atom is -0.480 e. The van der Waals surface area contributed by atoms with Crippen molar-refractivity contribution in [2.24, 2.45) is 0 Å². The van der Waals surface area contributed by atoms with Gasteiger partial charge in [0, 0.05) is 19.3 Å². The molecule has 0 aliphatic heterocycles. The summed E-state index contributed by atoms with van der Waals surface area (Å²) in [5.74, 6) is -1.05. The van der Waals surface area contributed by atoms with Crippen LogP contribution in [-0.4, -0.2) is 44.9 Å². The third kappa shape index (κ3) is 3.22. The molecular weight excluding hydrogens is 236 g/mol. The zero-order chi connectivity index (χ0) is 13.9. The zero-order valence-electron chi connectivity index (χ0n) is 10.9. The smallest absolute Gasteiger partial charge is 0.326 e. The molecule has 0 bridgehead atoms. The molecule has 0 aliphatic rings. The van der Waals surface area contributed by atoms with Crippen LogP contribution in [0.1, 0.15) is 26.8 Å².